The van der Waals surface area contributed by atoms with E-state index in [1.54, 1.807) is 0 Å². The van der Waals surface area contributed by atoms with E-state index in [9.17, 15) is 4.79 Å². The molecule has 1 saturated heterocycles. The predicted octanol–water partition coefficient (Wildman–Crippen LogP) is 2.17. The molecule has 3 unspecified atom stereocenters. The molecule has 1 amide bonds. The molecule has 3 atom stereocenters. The second-order valence-corrected chi connectivity index (χ2v) is 4.13. The van der Waals surface area contributed by atoms with E-state index < -0.39 is 0 Å². The quantitative estimate of drug-likeness (QED) is 0.716. The van der Waals surface area contributed by atoms with E-state index in [-0.39, 0.29) is 18.2 Å². The number of ether oxygens (including phenoxy) is 1. The minimum atomic E-state index is -0.261. The molecule has 1 heterocycles. The Kier molecular flexibility index (Phi) is 3.17. The summed E-state index contributed by atoms with van der Waals surface area (Å²) in [4.78, 5) is 11.2. The number of carbonyl (C=O) groups excluding carboxylic acids is 1. The fraction of sp³-hybridized carbons (Fsp3) is 0.900. The van der Waals surface area contributed by atoms with Crippen LogP contribution in [0.4, 0.5) is 4.79 Å². The van der Waals surface area contributed by atoms with Gasteiger partial charge in [-0.15, -0.1) is 0 Å². The standard InChI is InChI=1S/C10H19NO2/c1-5-8-7(4)9(6(2)3)11-10(12)13-8/h6-9H,5H2,1-4H3,(H,11,12). The second-order valence-electron chi connectivity index (χ2n) is 4.13. The summed E-state index contributed by atoms with van der Waals surface area (Å²) in [5.74, 6) is 0.875. The van der Waals surface area contributed by atoms with E-state index in [0.29, 0.717) is 11.8 Å². The lowest BCUT2D eigenvalue weighted by Crippen LogP contribution is -2.53. The third kappa shape index (κ3) is 2.14. The van der Waals surface area contributed by atoms with Gasteiger partial charge in [0.25, 0.3) is 0 Å². The Morgan fingerprint density at radius 2 is 2.15 bits per heavy atom. The van der Waals surface area contributed by atoms with Crippen molar-refractivity contribution < 1.29 is 9.53 Å². The van der Waals surface area contributed by atoms with Gasteiger partial charge in [-0.25, -0.2) is 4.79 Å². The smallest absolute Gasteiger partial charge is 0.407 e. The zero-order valence-electron chi connectivity index (χ0n) is 8.83. The summed E-state index contributed by atoms with van der Waals surface area (Å²) in [7, 11) is 0. The van der Waals surface area contributed by atoms with Gasteiger partial charge >= 0.3 is 6.09 Å². The van der Waals surface area contributed by atoms with Crippen molar-refractivity contribution in [2.75, 3.05) is 0 Å². The van der Waals surface area contributed by atoms with Crippen molar-refractivity contribution in [2.45, 2.75) is 46.3 Å². The van der Waals surface area contributed by atoms with Crippen LogP contribution in [0.2, 0.25) is 0 Å². The van der Waals surface area contributed by atoms with E-state index in [0.717, 1.165) is 6.42 Å². The van der Waals surface area contributed by atoms with Crippen molar-refractivity contribution in [2.24, 2.45) is 11.8 Å². The first-order valence-electron chi connectivity index (χ1n) is 5.03. The van der Waals surface area contributed by atoms with Gasteiger partial charge in [-0.2, -0.15) is 0 Å². The molecule has 1 aliphatic rings. The van der Waals surface area contributed by atoms with Crippen LogP contribution >= 0.6 is 0 Å². The molecule has 3 heteroatoms. The fourth-order valence-corrected chi connectivity index (χ4v) is 2.01. The highest BCUT2D eigenvalue weighted by atomic mass is 16.6. The lowest BCUT2D eigenvalue weighted by molar-refractivity contribution is 0.0108. The normalized spacial score (nSPS) is 34.2. The van der Waals surface area contributed by atoms with Crippen LogP contribution < -0.4 is 5.32 Å². The SMILES string of the molecule is CCC1OC(=O)NC(C(C)C)C1C. The molecule has 0 aromatic rings. The molecule has 0 radical (unpaired) electrons. The summed E-state index contributed by atoms with van der Waals surface area (Å²) in [6.07, 6.45) is 0.724. The molecular formula is C10H19NO2. The molecule has 0 spiro atoms. The summed E-state index contributed by atoms with van der Waals surface area (Å²) in [6.45, 7) is 8.44. The Morgan fingerprint density at radius 3 is 2.62 bits per heavy atom. The maximum atomic E-state index is 11.2. The van der Waals surface area contributed by atoms with E-state index in [4.69, 9.17) is 4.74 Å². The van der Waals surface area contributed by atoms with Crippen molar-refractivity contribution in [3.8, 4) is 0 Å². The zero-order valence-corrected chi connectivity index (χ0v) is 8.83. The van der Waals surface area contributed by atoms with Gasteiger partial charge in [-0.05, 0) is 12.3 Å². The molecule has 13 heavy (non-hydrogen) atoms. The van der Waals surface area contributed by atoms with E-state index in [1.807, 2.05) is 0 Å². The molecule has 0 aliphatic carbocycles. The Morgan fingerprint density at radius 1 is 1.54 bits per heavy atom. The lowest BCUT2D eigenvalue weighted by atomic mass is 9.86. The summed E-state index contributed by atoms with van der Waals surface area (Å²) in [5.41, 5.74) is 0. The molecular weight excluding hydrogens is 166 g/mol. The van der Waals surface area contributed by atoms with Crippen molar-refractivity contribution >= 4 is 6.09 Å². The molecule has 1 aliphatic heterocycles. The number of cyclic esters (lactones) is 1. The molecule has 0 saturated carbocycles. The first-order valence-corrected chi connectivity index (χ1v) is 5.03. The number of rotatable bonds is 2. The van der Waals surface area contributed by atoms with Crippen molar-refractivity contribution in [1.29, 1.82) is 0 Å². The zero-order chi connectivity index (χ0) is 10.0. The molecule has 0 bridgehead atoms. The van der Waals surface area contributed by atoms with Crippen molar-refractivity contribution in [3.05, 3.63) is 0 Å². The Bertz CT molecular complexity index is 191. The van der Waals surface area contributed by atoms with Gasteiger partial charge in [0, 0.05) is 12.0 Å². The van der Waals surface area contributed by atoms with Gasteiger partial charge in [0.2, 0.25) is 0 Å². The number of hydrogen-bond acceptors (Lipinski definition) is 2. The third-order valence-electron chi connectivity index (χ3n) is 2.82. The largest absolute Gasteiger partial charge is 0.446 e. The van der Waals surface area contributed by atoms with Gasteiger partial charge in [0.1, 0.15) is 6.10 Å². The first-order chi connectivity index (χ1) is 6.06. The molecule has 1 N–H and O–H groups in total. The van der Waals surface area contributed by atoms with E-state index >= 15 is 0 Å². The molecule has 0 aromatic carbocycles. The fourth-order valence-electron chi connectivity index (χ4n) is 2.01. The molecule has 1 rings (SSSR count). The van der Waals surface area contributed by atoms with Gasteiger partial charge < -0.3 is 10.1 Å². The monoisotopic (exact) mass is 185 g/mol. The maximum Gasteiger partial charge on any atom is 0.407 e. The van der Waals surface area contributed by atoms with E-state index in [1.165, 1.54) is 0 Å². The van der Waals surface area contributed by atoms with Crippen LogP contribution in [0.1, 0.15) is 34.1 Å². The highest BCUT2D eigenvalue weighted by Crippen LogP contribution is 2.24. The minimum Gasteiger partial charge on any atom is -0.446 e. The summed E-state index contributed by atoms with van der Waals surface area (Å²) in [6, 6.07) is 0.256. The van der Waals surface area contributed by atoms with Crippen LogP contribution in [0, 0.1) is 11.8 Å². The Labute approximate surface area is 79.8 Å². The highest BCUT2D eigenvalue weighted by Gasteiger charge is 2.35. The number of nitrogens with one attached hydrogen (secondary N) is 1. The third-order valence-corrected chi connectivity index (χ3v) is 2.82. The van der Waals surface area contributed by atoms with Crippen LogP contribution in [-0.4, -0.2) is 18.2 Å². The van der Waals surface area contributed by atoms with Gasteiger partial charge in [-0.1, -0.05) is 27.7 Å². The minimum absolute atomic E-state index is 0.0844. The highest BCUT2D eigenvalue weighted by molar-refractivity contribution is 5.68. The van der Waals surface area contributed by atoms with Crippen LogP contribution in [0.15, 0.2) is 0 Å². The number of hydrogen-bond donors (Lipinski definition) is 1. The van der Waals surface area contributed by atoms with Crippen LogP contribution in [0.3, 0.4) is 0 Å². The summed E-state index contributed by atoms with van der Waals surface area (Å²) >= 11 is 0. The van der Waals surface area contributed by atoms with E-state index in [2.05, 4.69) is 33.0 Å². The molecule has 3 nitrogen and oxygen atoms in total. The van der Waals surface area contributed by atoms with Gasteiger partial charge in [0.15, 0.2) is 0 Å². The molecule has 1 fully saturated rings. The molecule has 0 aromatic heterocycles. The van der Waals surface area contributed by atoms with Gasteiger partial charge in [0.05, 0.1) is 0 Å². The van der Waals surface area contributed by atoms with Crippen molar-refractivity contribution in [3.63, 3.8) is 0 Å². The average Bonchev–Trinajstić information content (AvgIpc) is 2.08. The first kappa shape index (κ1) is 10.4. The lowest BCUT2D eigenvalue weighted by Gasteiger charge is -2.37. The van der Waals surface area contributed by atoms with Crippen molar-refractivity contribution in [1.82, 2.24) is 5.32 Å². The molecule has 76 valence electrons. The number of amides is 1. The average molecular weight is 185 g/mol. The topological polar surface area (TPSA) is 38.3 Å². The Hall–Kier alpha value is -0.730. The predicted molar refractivity (Wildman–Crippen MR) is 51.5 cm³/mol. The van der Waals surface area contributed by atoms with Crippen LogP contribution in [-0.2, 0) is 4.74 Å². The number of alkyl carbamates (subject to hydrolysis) is 1. The maximum absolute atomic E-state index is 11.2. The summed E-state index contributed by atoms with van der Waals surface area (Å²) in [5, 5.41) is 2.87. The summed E-state index contributed by atoms with van der Waals surface area (Å²) < 4.78 is 5.18. The van der Waals surface area contributed by atoms with Crippen LogP contribution in [0.5, 0.6) is 0 Å². The number of carbonyl (C=O) groups is 1. The van der Waals surface area contributed by atoms with Crippen LogP contribution in [0.25, 0.3) is 0 Å². The second kappa shape index (κ2) is 3.99. The Balaban J connectivity index is 2.68. The van der Waals surface area contributed by atoms with Gasteiger partial charge in [-0.3, -0.25) is 0 Å².